The molecule has 0 aromatic heterocycles. The standard InChI is InChI=1S/C7H14INO/c1-7(2,10)6-4-3-5-9(6)8/h6,10H,3-5H2,1-2H3/t6-/m0/s1. The van der Waals surface area contributed by atoms with E-state index in [9.17, 15) is 5.11 Å². The van der Waals surface area contributed by atoms with Crippen molar-refractivity contribution in [3.8, 4) is 0 Å². The third-order valence-electron chi connectivity index (χ3n) is 2.00. The molecule has 0 aromatic rings. The lowest BCUT2D eigenvalue weighted by atomic mass is 9.98. The van der Waals surface area contributed by atoms with Gasteiger partial charge in [0.2, 0.25) is 0 Å². The van der Waals surface area contributed by atoms with Gasteiger partial charge in [0.1, 0.15) is 0 Å². The second-order valence-corrected chi connectivity index (χ2v) is 4.67. The third-order valence-corrected chi connectivity index (χ3v) is 3.16. The van der Waals surface area contributed by atoms with Crippen molar-refractivity contribution < 1.29 is 5.11 Å². The van der Waals surface area contributed by atoms with Crippen LogP contribution in [-0.4, -0.2) is 26.4 Å². The smallest absolute Gasteiger partial charge is 0.0754 e. The molecule has 0 unspecified atom stereocenters. The van der Waals surface area contributed by atoms with Gasteiger partial charge in [0.25, 0.3) is 0 Å². The van der Waals surface area contributed by atoms with Gasteiger partial charge in [-0.2, -0.15) is 0 Å². The van der Waals surface area contributed by atoms with Gasteiger partial charge in [-0.25, -0.2) is 3.11 Å². The van der Waals surface area contributed by atoms with Gasteiger partial charge in [-0.1, -0.05) is 0 Å². The van der Waals surface area contributed by atoms with Crippen LogP contribution in [0, 0.1) is 0 Å². The number of hydrogen-bond donors (Lipinski definition) is 1. The minimum Gasteiger partial charge on any atom is -0.389 e. The van der Waals surface area contributed by atoms with Crippen LogP contribution in [0.2, 0.25) is 0 Å². The van der Waals surface area contributed by atoms with Crippen molar-refractivity contribution in [3.05, 3.63) is 0 Å². The van der Waals surface area contributed by atoms with Gasteiger partial charge >= 0.3 is 0 Å². The van der Waals surface area contributed by atoms with Crippen LogP contribution in [0.15, 0.2) is 0 Å². The van der Waals surface area contributed by atoms with Crippen molar-refractivity contribution in [2.75, 3.05) is 6.54 Å². The molecule has 1 heterocycles. The molecule has 1 saturated heterocycles. The average Bonchev–Trinajstić information content (AvgIpc) is 2.11. The van der Waals surface area contributed by atoms with Crippen LogP contribution in [0.1, 0.15) is 26.7 Å². The van der Waals surface area contributed by atoms with Crippen molar-refractivity contribution >= 4 is 22.9 Å². The van der Waals surface area contributed by atoms with Crippen LogP contribution in [0.3, 0.4) is 0 Å². The molecule has 0 saturated carbocycles. The molecule has 1 N–H and O–H groups in total. The Labute approximate surface area is 76.1 Å². The summed E-state index contributed by atoms with van der Waals surface area (Å²) < 4.78 is 2.21. The highest BCUT2D eigenvalue weighted by molar-refractivity contribution is 14.1. The van der Waals surface area contributed by atoms with E-state index in [0.29, 0.717) is 6.04 Å². The van der Waals surface area contributed by atoms with Crippen LogP contribution >= 0.6 is 22.9 Å². The van der Waals surface area contributed by atoms with Gasteiger partial charge in [-0.3, -0.25) is 0 Å². The Bertz CT molecular complexity index is 121. The first-order valence-electron chi connectivity index (χ1n) is 3.66. The Kier molecular flexibility index (Phi) is 2.58. The summed E-state index contributed by atoms with van der Waals surface area (Å²) in [6.45, 7) is 4.89. The lowest BCUT2D eigenvalue weighted by Gasteiger charge is -2.29. The molecule has 0 aromatic carbocycles. The van der Waals surface area contributed by atoms with E-state index in [2.05, 4.69) is 26.0 Å². The zero-order valence-corrected chi connectivity index (χ0v) is 8.63. The van der Waals surface area contributed by atoms with E-state index >= 15 is 0 Å². The zero-order valence-electron chi connectivity index (χ0n) is 6.47. The molecule has 2 nitrogen and oxygen atoms in total. The monoisotopic (exact) mass is 255 g/mol. The van der Waals surface area contributed by atoms with Crippen molar-refractivity contribution in [1.82, 2.24) is 3.11 Å². The number of halogens is 1. The fourth-order valence-electron chi connectivity index (χ4n) is 1.43. The van der Waals surface area contributed by atoms with Gasteiger partial charge in [0, 0.05) is 35.5 Å². The van der Waals surface area contributed by atoms with Crippen molar-refractivity contribution in [3.63, 3.8) is 0 Å². The van der Waals surface area contributed by atoms with E-state index in [-0.39, 0.29) is 0 Å². The fraction of sp³-hybridized carbons (Fsp3) is 1.00. The van der Waals surface area contributed by atoms with E-state index in [1.165, 1.54) is 6.42 Å². The zero-order chi connectivity index (χ0) is 7.78. The Morgan fingerprint density at radius 2 is 2.20 bits per heavy atom. The molecule has 60 valence electrons. The van der Waals surface area contributed by atoms with Gasteiger partial charge in [0.15, 0.2) is 0 Å². The summed E-state index contributed by atoms with van der Waals surface area (Å²) in [4.78, 5) is 0. The molecular weight excluding hydrogens is 241 g/mol. The topological polar surface area (TPSA) is 23.5 Å². The summed E-state index contributed by atoms with van der Waals surface area (Å²) in [6, 6.07) is 0.355. The highest BCUT2D eigenvalue weighted by atomic mass is 127. The van der Waals surface area contributed by atoms with Crippen molar-refractivity contribution in [2.24, 2.45) is 0 Å². The summed E-state index contributed by atoms with van der Waals surface area (Å²) in [5, 5.41) is 9.64. The number of rotatable bonds is 1. The predicted octanol–water partition coefficient (Wildman–Crippen LogP) is 1.57. The molecule has 1 rings (SSSR count). The van der Waals surface area contributed by atoms with Gasteiger partial charge in [-0.05, 0) is 26.7 Å². The molecule has 1 fully saturated rings. The second kappa shape index (κ2) is 2.95. The summed E-state index contributed by atoms with van der Waals surface area (Å²) in [5.74, 6) is 0. The Hall–Kier alpha value is 0.650. The lowest BCUT2D eigenvalue weighted by Crippen LogP contribution is -2.41. The fourth-order valence-corrected chi connectivity index (χ4v) is 2.73. The first-order chi connectivity index (χ1) is 4.52. The minimum absolute atomic E-state index is 0.355. The Morgan fingerprint density at radius 3 is 2.40 bits per heavy atom. The SMILES string of the molecule is CC(C)(O)[C@@H]1CCCN1I. The molecule has 3 heteroatoms. The van der Waals surface area contributed by atoms with E-state index in [1.54, 1.807) is 0 Å². The van der Waals surface area contributed by atoms with Gasteiger partial charge < -0.3 is 5.11 Å². The number of nitrogens with zero attached hydrogens (tertiary/aromatic N) is 1. The van der Waals surface area contributed by atoms with Crippen molar-refractivity contribution in [2.45, 2.75) is 38.3 Å². The van der Waals surface area contributed by atoms with Crippen LogP contribution < -0.4 is 0 Å². The summed E-state index contributed by atoms with van der Waals surface area (Å²) >= 11 is 2.29. The highest BCUT2D eigenvalue weighted by Crippen LogP contribution is 2.28. The largest absolute Gasteiger partial charge is 0.389 e. The quantitative estimate of drug-likeness (QED) is 0.568. The summed E-state index contributed by atoms with van der Waals surface area (Å²) in [7, 11) is 0. The van der Waals surface area contributed by atoms with Gasteiger partial charge in [-0.15, -0.1) is 0 Å². The molecular formula is C7H14INO. The van der Waals surface area contributed by atoms with Crippen molar-refractivity contribution in [1.29, 1.82) is 0 Å². The maximum atomic E-state index is 9.64. The molecule has 10 heavy (non-hydrogen) atoms. The normalized spacial score (nSPS) is 29.4. The maximum Gasteiger partial charge on any atom is 0.0754 e. The molecule has 0 radical (unpaired) electrons. The average molecular weight is 255 g/mol. The second-order valence-electron chi connectivity index (χ2n) is 3.43. The maximum absolute atomic E-state index is 9.64. The molecule has 0 spiro atoms. The van der Waals surface area contributed by atoms with Crippen LogP contribution in [0.5, 0.6) is 0 Å². The highest BCUT2D eigenvalue weighted by Gasteiger charge is 2.34. The Morgan fingerprint density at radius 1 is 1.60 bits per heavy atom. The summed E-state index contributed by atoms with van der Waals surface area (Å²) in [5.41, 5.74) is -0.530. The predicted molar refractivity (Wildman–Crippen MR) is 50.0 cm³/mol. The third kappa shape index (κ3) is 1.83. The number of aliphatic hydroxyl groups is 1. The van der Waals surface area contributed by atoms with Crippen LogP contribution in [0.25, 0.3) is 0 Å². The number of hydrogen-bond acceptors (Lipinski definition) is 2. The summed E-state index contributed by atoms with van der Waals surface area (Å²) in [6.07, 6.45) is 2.35. The molecule has 0 bridgehead atoms. The first-order valence-corrected chi connectivity index (χ1v) is 4.63. The van der Waals surface area contributed by atoms with E-state index in [0.717, 1.165) is 13.0 Å². The minimum atomic E-state index is -0.530. The van der Waals surface area contributed by atoms with Crippen LogP contribution in [0.4, 0.5) is 0 Å². The van der Waals surface area contributed by atoms with E-state index in [1.807, 2.05) is 13.8 Å². The lowest BCUT2D eigenvalue weighted by molar-refractivity contribution is 0.0283. The molecule has 1 aliphatic heterocycles. The molecule has 1 aliphatic rings. The van der Waals surface area contributed by atoms with E-state index in [4.69, 9.17) is 0 Å². The van der Waals surface area contributed by atoms with Crippen LogP contribution in [-0.2, 0) is 0 Å². The Balaban J connectivity index is 2.55. The first kappa shape index (κ1) is 8.74. The molecule has 0 amide bonds. The molecule has 0 aliphatic carbocycles. The molecule has 1 atom stereocenters. The van der Waals surface area contributed by atoms with Gasteiger partial charge in [0.05, 0.1) is 5.60 Å². The van der Waals surface area contributed by atoms with E-state index < -0.39 is 5.60 Å².